The maximum Gasteiger partial charge on any atom is 0.0177 e. The lowest BCUT2D eigenvalue weighted by atomic mass is 9.65. The predicted octanol–water partition coefficient (Wildman–Crippen LogP) is 3.91. The van der Waals surface area contributed by atoms with Gasteiger partial charge in [-0.15, -0.1) is 0 Å². The van der Waals surface area contributed by atoms with Gasteiger partial charge >= 0.3 is 0 Å². The Morgan fingerprint density at radius 1 is 1.29 bits per heavy atom. The number of benzene rings is 1. The fourth-order valence-electron chi connectivity index (χ4n) is 2.82. The van der Waals surface area contributed by atoms with E-state index < -0.39 is 0 Å². The van der Waals surface area contributed by atoms with Crippen LogP contribution in [0.3, 0.4) is 0 Å². The van der Waals surface area contributed by atoms with Crippen LogP contribution in [-0.4, -0.2) is 12.6 Å². The first-order valence-electron chi connectivity index (χ1n) is 6.74. The highest BCUT2D eigenvalue weighted by molar-refractivity contribution is 9.10. The molecule has 0 bridgehead atoms. The van der Waals surface area contributed by atoms with Crippen molar-refractivity contribution in [1.82, 2.24) is 5.32 Å². The lowest BCUT2D eigenvalue weighted by Gasteiger charge is -2.42. The summed E-state index contributed by atoms with van der Waals surface area (Å²) in [6.07, 6.45) is 8.25. The molecular weight excluding hydrogens is 274 g/mol. The molecule has 2 aliphatic rings. The normalized spacial score (nSPS) is 22.2. The number of hydrogen-bond donors (Lipinski definition) is 1. The van der Waals surface area contributed by atoms with Crippen LogP contribution in [0.5, 0.6) is 0 Å². The van der Waals surface area contributed by atoms with E-state index in [1.54, 1.807) is 0 Å². The van der Waals surface area contributed by atoms with Gasteiger partial charge in [0.15, 0.2) is 0 Å². The molecule has 3 rings (SSSR count). The van der Waals surface area contributed by atoms with E-state index in [1.807, 2.05) is 0 Å². The molecule has 0 amide bonds. The van der Waals surface area contributed by atoms with Crippen molar-refractivity contribution >= 4 is 15.9 Å². The highest BCUT2D eigenvalue weighted by Gasteiger charge is 2.38. The molecule has 0 aliphatic heterocycles. The maximum absolute atomic E-state index is 3.72. The lowest BCUT2D eigenvalue weighted by Crippen LogP contribution is -2.42. The Balaban J connectivity index is 1.63. The van der Waals surface area contributed by atoms with Gasteiger partial charge in [-0.25, -0.2) is 0 Å². The van der Waals surface area contributed by atoms with Gasteiger partial charge in [0.05, 0.1) is 0 Å². The van der Waals surface area contributed by atoms with E-state index in [-0.39, 0.29) is 0 Å². The van der Waals surface area contributed by atoms with Crippen LogP contribution < -0.4 is 5.32 Å². The molecule has 2 fully saturated rings. The third kappa shape index (κ3) is 2.92. The van der Waals surface area contributed by atoms with E-state index in [0.717, 1.165) is 6.04 Å². The van der Waals surface area contributed by atoms with Crippen molar-refractivity contribution in [2.75, 3.05) is 6.54 Å². The van der Waals surface area contributed by atoms with E-state index in [9.17, 15) is 0 Å². The van der Waals surface area contributed by atoms with Crippen molar-refractivity contribution in [1.29, 1.82) is 0 Å². The largest absolute Gasteiger partial charge is 0.313 e. The number of halogens is 1. The Kier molecular flexibility index (Phi) is 3.27. The smallest absolute Gasteiger partial charge is 0.0177 e. The van der Waals surface area contributed by atoms with Crippen molar-refractivity contribution in [3.05, 3.63) is 34.3 Å². The Morgan fingerprint density at radius 2 is 2.12 bits per heavy atom. The maximum atomic E-state index is 3.72. The molecule has 0 spiro atoms. The second-order valence-corrected chi connectivity index (χ2v) is 6.73. The summed E-state index contributed by atoms with van der Waals surface area (Å²) in [4.78, 5) is 0. The average Bonchev–Trinajstić information content (AvgIpc) is 3.06. The topological polar surface area (TPSA) is 12.0 Å². The molecular formula is C15H20BrN. The molecule has 0 aromatic heterocycles. The molecule has 2 saturated carbocycles. The second kappa shape index (κ2) is 4.74. The van der Waals surface area contributed by atoms with Crippen LogP contribution in [0.1, 0.15) is 37.7 Å². The average molecular weight is 294 g/mol. The third-order valence-electron chi connectivity index (χ3n) is 4.23. The monoisotopic (exact) mass is 293 g/mol. The van der Waals surface area contributed by atoms with E-state index in [0.29, 0.717) is 5.41 Å². The van der Waals surface area contributed by atoms with Gasteiger partial charge in [-0.2, -0.15) is 0 Å². The van der Waals surface area contributed by atoms with Crippen molar-refractivity contribution in [3.8, 4) is 0 Å². The summed E-state index contributed by atoms with van der Waals surface area (Å²) >= 11 is 3.57. The van der Waals surface area contributed by atoms with Gasteiger partial charge in [0.25, 0.3) is 0 Å². The summed E-state index contributed by atoms with van der Waals surface area (Å²) in [5.74, 6) is 0. The van der Waals surface area contributed by atoms with E-state index in [1.165, 1.54) is 55.1 Å². The minimum Gasteiger partial charge on any atom is -0.313 e. The van der Waals surface area contributed by atoms with E-state index in [2.05, 4.69) is 45.5 Å². The summed E-state index contributed by atoms with van der Waals surface area (Å²) in [5.41, 5.74) is 2.04. The Hall–Kier alpha value is -0.340. The van der Waals surface area contributed by atoms with Crippen molar-refractivity contribution < 1.29 is 0 Å². The molecule has 2 heteroatoms. The SMILES string of the molecule is Brc1cccc(CC2(CNC3CC3)CCC2)c1. The Morgan fingerprint density at radius 3 is 2.71 bits per heavy atom. The minimum absolute atomic E-state index is 0.559. The second-order valence-electron chi connectivity index (χ2n) is 5.82. The Bertz CT molecular complexity index is 394. The van der Waals surface area contributed by atoms with Gasteiger partial charge in [-0.3, -0.25) is 0 Å². The van der Waals surface area contributed by atoms with Gasteiger partial charge in [0.1, 0.15) is 0 Å². The van der Waals surface area contributed by atoms with Crippen LogP contribution in [0.25, 0.3) is 0 Å². The fourth-order valence-corrected chi connectivity index (χ4v) is 3.27. The summed E-state index contributed by atoms with van der Waals surface area (Å²) in [7, 11) is 0. The number of nitrogens with one attached hydrogen (secondary N) is 1. The molecule has 0 atom stereocenters. The minimum atomic E-state index is 0.559. The molecule has 92 valence electrons. The van der Waals surface area contributed by atoms with Gasteiger partial charge in [0.2, 0.25) is 0 Å². The molecule has 17 heavy (non-hydrogen) atoms. The molecule has 1 nitrogen and oxygen atoms in total. The van der Waals surface area contributed by atoms with Crippen molar-refractivity contribution in [2.45, 2.75) is 44.6 Å². The molecule has 0 saturated heterocycles. The van der Waals surface area contributed by atoms with E-state index >= 15 is 0 Å². The molecule has 0 heterocycles. The first-order valence-corrected chi connectivity index (χ1v) is 7.53. The van der Waals surface area contributed by atoms with Crippen LogP contribution in [-0.2, 0) is 6.42 Å². The molecule has 2 aliphatic carbocycles. The predicted molar refractivity (Wildman–Crippen MR) is 75.2 cm³/mol. The van der Waals surface area contributed by atoms with Crippen LogP contribution in [0.4, 0.5) is 0 Å². The Labute approximate surface area is 112 Å². The van der Waals surface area contributed by atoms with Crippen LogP contribution in [0.15, 0.2) is 28.7 Å². The quantitative estimate of drug-likeness (QED) is 0.868. The zero-order valence-electron chi connectivity index (χ0n) is 10.2. The van der Waals surface area contributed by atoms with Gasteiger partial charge in [0, 0.05) is 17.1 Å². The van der Waals surface area contributed by atoms with Gasteiger partial charge < -0.3 is 5.32 Å². The summed E-state index contributed by atoms with van der Waals surface area (Å²) in [6.45, 7) is 1.23. The molecule has 0 radical (unpaired) electrons. The molecule has 1 N–H and O–H groups in total. The summed E-state index contributed by atoms with van der Waals surface area (Å²) < 4.78 is 1.21. The van der Waals surface area contributed by atoms with Crippen LogP contribution >= 0.6 is 15.9 Å². The van der Waals surface area contributed by atoms with Gasteiger partial charge in [-0.1, -0.05) is 34.5 Å². The zero-order valence-corrected chi connectivity index (χ0v) is 11.8. The number of hydrogen-bond acceptors (Lipinski definition) is 1. The van der Waals surface area contributed by atoms with E-state index in [4.69, 9.17) is 0 Å². The standard InChI is InChI=1S/C15H20BrN/c16-13-4-1-3-12(9-13)10-15(7-2-8-15)11-17-14-5-6-14/h1,3-4,9,14,17H,2,5-8,10-11H2. The van der Waals surface area contributed by atoms with Crippen molar-refractivity contribution in [2.24, 2.45) is 5.41 Å². The van der Waals surface area contributed by atoms with Gasteiger partial charge in [-0.05, 0) is 55.2 Å². The van der Waals surface area contributed by atoms with Crippen LogP contribution in [0, 0.1) is 5.41 Å². The zero-order chi connectivity index (χ0) is 11.7. The highest BCUT2D eigenvalue weighted by Crippen LogP contribution is 2.43. The first kappa shape index (κ1) is 11.7. The third-order valence-corrected chi connectivity index (χ3v) is 4.72. The summed E-state index contributed by atoms with van der Waals surface area (Å²) in [5, 5.41) is 3.72. The lowest BCUT2D eigenvalue weighted by molar-refractivity contribution is 0.129. The highest BCUT2D eigenvalue weighted by atomic mass is 79.9. The molecule has 1 aromatic rings. The summed E-state index contributed by atoms with van der Waals surface area (Å²) in [6, 6.07) is 9.65. The fraction of sp³-hybridized carbons (Fsp3) is 0.600. The van der Waals surface area contributed by atoms with Crippen molar-refractivity contribution in [3.63, 3.8) is 0 Å². The molecule has 1 aromatic carbocycles. The van der Waals surface area contributed by atoms with Crippen LogP contribution in [0.2, 0.25) is 0 Å². The molecule has 0 unspecified atom stereocenters. The first-order chi connectivity index (χ1) is 8.26. The number of rotatable bonds is 5.